The fourth-order valence-electron chi connectivity index (χ4n) is 3.92. The molecular weight excluding hydrogens is 577 g/mol. The van der Waals surface area contributed by atoms with Gasteiger partial charge in [-0.25, -0.2) is 0 Å². The van der Waals surface area contributed by atoms with Crippen LogP contribution in [-0.4, -0.2) is 42.1 Å². The van der Waals surface area contributed by atoms with Crippen molar-refractivity contribution >= 4 is 63.1 Å². The number of anilines is 2. The molecule has 1 unspecified atom stereocenters. The second kappa shape index (κ2) is 11.0. The van der Waals surface area contributed by atoms with Crippen molar-refractivity contribution in [2.24, 2.45) is 0 Å². The zero-order valence-electron chi connectivity index (χ0n) is 19.2. The van der Waals surface area contributed by atoms with E-state index in [1.807, 2.05) is 72.8 Å². The first-order chi connectivity index (χ1) is 16.9. The van der Waals surface area contributed by atoms with Crippen LogP contribution >= 0.6 is 34.8 Å². The van der Waals surface area contributed by atoms with E-state index in [1.54, 1.807) is 19.1 Å². The first-order valence-corrected chi connectivity index (χ1v) is 12.4. The van der Waals surface area contributed by atoms with E-state index in [4.69, 9.17) is 21.7 Å². The Morgan fingerprint density at radius 2 is 1.69 bits per heavy atom. The van der Waals surface area contributed by atoms with Crippen molar-refractivity contribution in [2.75, 3.05) is 24.4 Å². The number of carbonyl (C=O) groups excluding carboxylic acids is 2. The van der Waals surface area contributed by atoms with Crippen molar-refractivity contribution in [3.8, 4) is 11.5 Å². The molecule has 1 aliphatic heterocycles. The molecule has 3 aromatic carbocycles. The number of amides is 2. The summed E-state index contributed by atoms with van der Waals surface area (Å²) >= 11 is 7.95. The van der Waals surface area contributed by atoms with Gasteiger partial charge >= 0.3 is 0 Å². The van der Waals surface area contributed by atoms with E-state index in [0.29, 0.717) is 34.5 Å². The summed E-state index contributed by atoms with van der Waals surface area (Å²) in [6.45, 7) is 0.329. The SMILES string of the molecule is COc1ccc(CN2C(=S)N(c3ccccc3)C(=O)C2CC(=O)Nc2ccc(I)cc2)cc1OC. The average Bonchev–Trinajstić information content (AvgIpc) is 3.09. The Labute approximate surface area is 223 Å². The highest BCUT2D eigenvalue weighted by Crippen LogP contribution is 2.32. The molecule has 1 heterocycles. The summed E-state index contributed by atoms with van der Waals surface area (Å²) in [6.07, 6.45) is -0.0401. The highest BCUT2D eigenvalue weighted by Gasteiger charge is 2.44. The van der Waals surface area contributed by atoms with E-state index in [-0.39, 0.29) is 18.2 Å². The van der Waals surface area contributed by atoms with E-state index in [9.17, 15) is 9.59 Å². The predicted octanol–water partition coefficient (Wildman–Crippen LogP) is 4.84. The van der Waals surface area contributed by atoms with Crippen LogP contribution in [0.15, 0.2) is 72.8 Å². The maximum Gasteiger partial charge on any atom is 0.256 e. The lowest BCUT2D eigenvalue weighted by atomic mass is 10.1. The fourth-order valence-corrected chi connectivity index (χ4v) is 4.67. The third-order valence-corrected chi connectivity index (χ3v) is 6.78. The summed E-state index contributed by atoms with van der Waals surface area (Å²) in [5.41, 5.74) is 2.21. The lowest BCUT2D eigenvalue weighted by Gasteiger charge is -2.24. The molecule has 9 heteroatoms. The van der Waals surface area contributed by atoms with E-state index in [0.717, 1.165) is 9.13 Å². The number of benzene rings is 3. The topological polar surface area (TPSA) is 71.1 Å². The van der Waals surface area contributed by atoms with Gasteiger partial charge in [-0.15, -0.1) is 0 Å². The van der Waals surface area contributed by atoms with Gasteiger partial charge in [-0.3, -0.25) is 14.5 Å². The van der Waals surface area contributed by atoms with Crippen LogP contribution in [-0.2, 0) is 16.1 Å². The highest BCUT2D eigenvalue weighted by molar-refractivity contribution is 14.1. The Morgan fingerprint density at radius 3 is 2.34 bits per heavy atom. The molecule has 7 nitrogen and oxygen atoms in total. The molecule has 1 aliphatic rings. The quantitative estimate of drug-likeness (QED) is 0.295. The number of hydrogen-bond acceptors (Lipinski definition) is 5. The number of nitrogens with one attached hydrogen (secondary N) is 1. The van der Waals surface area contributed by atoms with Gasteiger partial charge in [0.05, 0.1) is 26.3 Å². The molecule has 4 rings (SSSR count). The van der Waals surface area contributed by atoms with Gasteiger partial charge in [-0.1, -0.05) is 24.3 Å². The molecule has 0 saturated carbocycles. The number of methoxy groups -OCH3 is 2. The smallest absolute Gasteiger partial charge is 0.256 e. The minimum atomic E-state index is -0.750. The molecule has 0 spiro atoms. The van der Waals surface area contributed by atoms with Gasteiger partial charge in [0.1, 0.15) is 6.04 Å². The summed E-state index contributed by atoms with van der Waals surface area (Å²) in [4.78, 5) is 29.8. The number of rotatable bonds is 8. The molecule has 0 bridgehead atoms. The number of carbonyl (C=O) groups is 2. The van der Waals surface area contributed by atoms with Crippen LogP contribution in [0.1, 0.15) is 12.0 Å². The third kappa shape index (κ3) is 5.57. The van der Waals surface area contributed by atoms with Crippen LogP contribution in [0.5, 0.6) is 11.5 Å². The van der Waals surface area contributed by atoms with Crippen molar-refractivity contribution < 1.29 is 19.1 Å². The number of nitrogens with zero attached hydrogens (tertiary/aromatic N) is 2. The van der Waals surface area contributed by atoms with Crippen molar-refractivity contribution in [1.29, 1.82) is 0 Å². The van der Waals surface area contributed by atoms with Crippen molar-refractivity contribution in [3.05, 3.63) is 81.9 Å². The largest absolute Gasteiger partial charge is 0.493 e. The zero-order chi connectivity index (χ0) is 24.9. The number of ether oxygens (including phenoxy) is 2. The Kier molecular flexibility index (Phi) is 7.86. The molecule has 1 saturated heterocycles. The number of halogens is 1. The summed E-state index contributed by atoms with van der Waals surface area (Å²) < 4.78 is 11.8. The lowest BCUT2D eigenvalue weighted by Crippen LogP contribution is -2.37. The van der Waals surface area contributed by atoms with Crippen LogP contribution < -0.4 is 19.7 Å². The van der Waals surface area contributed by atoms with Crippen molar-refractivity contribution in [2.45, 2.75) is 19.0 Å². The molecule has 0 radical (unpaired) electrons. The monoisotopic (exact) mass is 601 g/mol. The average molecular weight is 601 g/mol. The number of para-hydroxylation sites is 1. The van der Waals surface area contributed by atoms with Gasteiger partial charge in [-0.2, -0.15) is 0 Å². The summed E-state index contributed by atoms with van der Waals surface area (Å²) in [5, 5.41) is 3.23. The molecule has 180 valence electrons. The predicted molar refractivity (Wildman–Crippen MR) is 148 cm³/mol. The Bertz CT molecular complexity index is 1240. The van der Waals surface area contributed by atoms with Crippen LogP contribution in [0.4, 0.5) is 11.4 Å². The first kappa shape index (κ1) is 24.9. The maximum atomic E-state index is 13.5. The van der Waals surface area contributed by atoms with Gasteiger partial charge < -0.3 is 19.7 Å². The Balaban J connectivity index is 1.61. The summed E-state index contributed by atoms with van der Waals surface area (Å²) in [5.74, 6) is 0.684. The molecular formula is C26H24IN3O4S. The normalized spacial score (nSPS) is 15.3. The maximum absolute atomic E-state index is 13.5. The van der Waals surface area contributed by atoms with Crippen molar-refractivity contribution in [1.82, 2.24) is 4.90 Å². The van der Waals surface area contributed by atoms with Gasteiger partial charge in [0.25, 0.3) is 5.91 Å². The van der Waals surface area contributed by atoms with Gasteiger partial charge in [0, 0.05) is 15.8 Å². The highest BCUT2D eigenvalue weighted by atomic mass is 127. The van der Waals surface area contributed by atoms with Gasteiger partial charge in [-0.05, 0) is 88.9 Å². The Morgan fingerprint density at radius 1 is 1.00 bits per heavy atom. The number of hydrogen-bond donors (Lipinski definition) is 1. The molecule has 35 heavy (non-hydrogen) atoms. The standard InChI is InChI=1S/C26H24IN3O4S/c1-33-22-13-8-17(14-23(22)34-2)16-29-21(15-24(31)28-19-11-9-18(27)10-12-19)25(32)30(26(29)35)20-6-4-3-5-7-20/h3-14,21H,15-16H2,1-2H3,(H,28,31). The molecule has 1 fully saturated rings. The van der Waals surface area contributed by atoms with Gasteiger partial charge in [0.15, 0.2) is 16.6 Å². The van der Waals surface area contributed by atoms with Crippen LogP contribution in [0, 0.1) is 3.57 Å². The van der Waals surface area contributed by atoms with Crippen molar-refractivity contribution in [3.63, 3.8) is 0 Å². The van der Waals surface area contributed by atoms with Crippen LogP contribution in [0.3, 0.4) is 0 Å². The second-order valence-corrected chi connectivity index (χ2v) is 9.49. The van der Waals surface area contributed by atoms with E-state index < -0.39 is 6.04 Å². The minimum Gasteiger partial charge on any atom is -0.493 e. The van der Waals surface area contributed by atoms with Crippen LogP contribution in [0.25, 0.3) is 0 Å². The minimum absolute atomic E-state index is 0.0401. The van der Waals surface area contributed by atoms with E-state index in [1.165, 1.54) is 4.90 Å². The molecule has 0 aromatic heterocycles. The molecule has 1 atom stereocenters. The molecule has 2 amide bonds. The second-order valence-electron chi connectivity index (χ2n) is 7.88. The lowest BCUT2D eigenvalue weighted by molar-refractivity contribution is -0.124. The summed E-state index contributed by atoms with van der Waals surface area (Å²) in [7, 11) is 3.15. The van der Waals surface area contributed by atoms with Gasteiger partial charge in [0.2, 0.25) is 5.91 Å². The molecule has 0 aliphatic carbocycles. The first-order valence-electron chi connectivity index (χ1n) is 10.9. The Hall–Kier alpha value is -3.18. The third-order valence-electron chi connectivity index (χ3n) is 5.64. The summed E-state index contributed by atoms with van der Waals surface area (Å²) in [6, 6.07) is 21.5. The van der Waals surface area contributed by atoms with Crippen LogP contribution in [0.2, 0.25) is 0 Å². The number of thiocarbonyl (C=S) groups is 1. The molecule has 1 N–H and O–H groups in total. The fraction of sp³-hybridized carbons (Fsp3) is 0.192. The zero-order valence-corrected chi connectivity index (χ0v) is 22.2. The van der Waals surface area contributed by atoms with E-state index in [2.05, 4.69) is 27.9 Å². The van der Waals surface area contributed by atoms with E-state index >= 15 is 0 Å². The molecule has 3 aromatic rings.